The van der Waals surface area contributed by atoms with Crippen LogP contribution in [-0.4, -0.2) is 48.1 Å². The molecule has 1 unspecified atom stereocenters. The van der Waals surface area contributed by atoms with Gasteiger partial charge in [0.1, 0.15) is 6.35 Å². The van der Waals surface area contributed by atoms with Gasteiger partial charge < -0.3 is 24.0 Å². The molecule has 0 amide bonds. The average molecular weight is 268 g/mol. The summed E-state index contributed by atoms with van der Waals surface area (Å²) in [6.07, 6.45) is -1.34. The summed E-state index contributed by atoms with van der Waals surface area (Å²) in [4.78, 5) is 0. The number of hydrogen-bond donors (Lipinski definition) is 2. The smallest absolute Gasteiger partial charge is 0.356 e. The quantitative estimate of drug-likeness (QED) is 0.673. The predicted octanol–water partition coefficient (Wildman–Crippen LogP) is 1.11. The van der Waals surface area contributed by atoms with E-state index in [0.29, 0.717) is 6.42 Å². The van der Waals surface area contributed by atoms with Gasteiger partial charge in [0, 0.05) is 12.8 Å². The van der Waals surface area contributed by atoms with Crippen molar-refractivity contribution >= 4 is 7.60 Å². The molecule has 3 atom stereocenters. The van der Waals surface area contributed by atoms with Crippen LogP contribution in [-0.2, 0) is 18.3 Å². The molecule has 0 heterocycles. The van der Waals surface area contributed by atoms with Crippen LogP contribution in [0.25, 0.3) is 0 Å². The molecule has 0 saturated heterocycles. The van der Waals surface area contributed by atoms with Crippen molar-refractivity contribution in [3.05, 3.63) is 0 Å². The Morgan fingerprint density at radius 1 is 1.18 bits per heavy atom. The van der Waals surface area contributed by atoms with Crippen molar-refractivity contribution in [2.24, 2.45) is 0 Å². The molecule has 1 rings (SSSR count). The molecule has 102 valence electrons. The van der Waals surface area contributed by atoms with E-state index in [-0.39, 0.29) is 26.0 Å². The summed E-state index contributed by atoms with van der Waals surface area (Å²) >= 11 is 0. The zero-order valence-electron chi connectivity index (χ0n) is 10.2. The molecule has 0 aromatic rings. The molecule has 2 N–H and O–H groups in total. The van der Waals surface area contributed by atoms with Gasteiger partial charge in [0.05, 0.1) is 31.5 Å². The summed E-state index contributed by atoms with van der Waals surface area (Å²) in [5.74, 6) is 0. The summed E-state index contributed by atoms with van der Waals surface area (Å²) in [6, 6.07) is 0. The van der Waals surface area contributed by atoms with Gasteiger partial charge in [-0.1, -0.05) is 0 Å². The molecular formula is C10H21O6P. The Labute approximate surface area is 101 Å². The lowest BCUT2D eigenvalue weighted by Crippen LogP contribution is -2.23. The monoisotopic (exact) mass is 268 g/mol. The summed E-state index contributed by atoms with van der Waals surface area (Å²) in [7, 11) is -3.23. The molecule has 0 radical (unpaired) electrons. The van der Waals surface area contributed by atoms with Gasteiger partial charge in [-0.3, -0.25) is 4.57 Å². The van der Waals surface area contributed by atoms with Crippen molar-refractivity contribution in [1.82, 2.24) is 0 Å². The average Bonchev–Trinajstić information content (AvgIpc) is 2.55. The molecule has 0 aromatic carbocycles. The third-order valence-corrected chi connectivity index (χ3v) is 4.31. The van der Waals surface area contributed by atoms with Crippen molar-refractivity contribution < 1.29 is 28.6 Å². The molecule has 0 bridgehead atoms. The van der Waals surface area contributed by atoms with E-state index in [0.717, 1.165) is 0 Å². The van der Waals surface area contributed by atoms with Crippen LogP contribution in [0.3, 0.4) is 0 Å². The van der Waals surface area contributed by atoms with Crippen molar-refractivity contribution in [3.63, 3.8) is 0 Å². The fraction of sp³-hybridized carbons (Fsp3) is 1.00. The second-order valence-corrected chi connectivity index (χ2v) is 5.97. The molecular weight excluding hydrogens is 247 g/mol. The summed E-state index contributed by atoms with van der Waals surface area (Å²) in [5.41, 5.74) is 0. The molecule has 1 saturated carbocycles. The topological polar surface area (TPSA) is 85.2 Å². The van der Waals surface area contributed by atoms with E-state index in [4.69, 9.17) is 13.8 Å². The number of hydrogen-bond acceptors (Lipinski definition) is 6. The minimum Gasteiger partial charge on any atom is -0.393 e. The third kappa shape index (κ3) is 4.66. The first-order valence-electron chi connectivity index (χ1n) is 5.86. The first-order chi connectivity index (χ1) is 8.00. The van der Waals surface area contributed by atoms with Gasteiger partial charge >= 0.3 is 7.60 Å². The highest BCUT2D eigenvalue weighted by atomic mass is 31.2. The van der Waals surface area contributed by atoms with E-state index < -0.39 is 25.9 Å². The molecule has 17 heavy (non-hydrogen) atoms. The Morgan fingerprint density at radius 2 is 1.76 bits per heavy atom. The van der Waals surface area contributed by atoms with Crippen LogP contribution in [0.4, 0.5) is 0 Å². The van der Waals surface area contributed by atoms with E-state index in [2.05, 4.69) is 0 Å². The lowest BCUT2D eigenvalue weighted by atomic mass is 10.3. The SMILES string of the molecule is CCOP(=O)(CO[C@H]1C[C@H](O)CC1O)OCC. The molecule has 7 heteroatoms. The highest BCUT2D eigenvalue weighted by Gasteiger charge is 2.35. The van der Waals surface area contributed by atoms with Crippen LogP contribution in [0.1, 0.15) is 26.7 Å². The van der Waals surface area contributed by atoms with Crippen molar-refractivity contribution in [2.75, 3.05) is 19.6 Å². The Morgan fingerprint density at radius 3 is 2.18 bits per heavy atom. The molecule has 6 nitrogen and oxygen atoms in total. The van der Waals surface area contributed by atoms with Crippen LogP contribution in [0.15, 0.2) is 0 Å². The van der Waals surface area contributed by atoms with Crippen molar-refractivity contribution in [2.45, 2.75) is 45.0 Å². The fourth-order valence-corrected chi connectivity index (χ4v) is 3.21. The second-order valence-electron chi connectivity index (χ2n) is 3.97. The lowest BCUT2D eigenvalue weighted by Gasteiger charge is -2.20. The van der Waals surface area contributed by atoms with Crippen molar-refractivity contribution in [3.8, 4) is 0 Å². The molecule has 1 aliphatic carbocycles. The number of aliphatic hydroxyl groups is 2. The Balaban J connectivity index is 2.44. The minimum absolute atomic E-state index is 0.191. The molecule has 1 fully saturated rings. The van der Waals surface area contributed by atoms with Gasteiger partial charge in [-0.15, -0.1) is 0 Å². The van der Waals surface area contributed by atoms with Gasteiger partial charge in [-0.2, -0.15) is 0 Å². The summed E-state index contributed by atoms with van der Waals surface area (Å²) in [6.45, 7) is 3.99. The molecule has 0 aromatic heterocycles. The Hall–Kier alpha value is 0.0300. The Bertz CT molecular complexity index is 262. The fourth-order valence-electron chi connectivity index (χ4n) is 1.82. The van der Waals surface area contributed by atoms with Crippen LogP contribution in [0.2, 0.25) is 0 Å². The lowest BCUT2D eigenvalue weighted by molar-refractivity contribution is -0.00744. The van der Waals surface area contributed by atoms with Gasteiger partial charge in [-0.25, -0.2) is 0 Å². The molecule has 0 spiro atoms. The molecule has 1 aliphatic rings. The highest BCUT2D eigenvalue weighted by Crippen LogP contribution is 2.48. The third-order valence-electron chi connectivity index (χ3n) is 2.55. The number of aliphatic hydroxyl groups excluding tert-OH is 2. The maximum absolute atomic E-state index is 12.0. The first-order valence-corrected chi connectivity index (χ1v) is 7.59. The van der Waals surface area contributed by atoms with E-state index in [1.165, 1.54) is 0 Å². The standard InChI is InChI=1S/C10H21O6P/c1-3-15-17(13,16-4-2)7-14-10-6-8(11)5-9(10)12/h8-12H,3-7H2,1-2H3/t8-,9?,10+/m1/s1. The van der Waals surface area contributed by atoms with E-state index in [9.17, 15) is 14.8 Å². The van der Waals surface area contributed by atoms with Crippen LogP contribution >= 0.6 is 7.60 Å². The van der Waals surface area contributed by atoms with Crippen LogP contribution in [0.5, 0.6) is 0 Å². The van der Waals surface area contributed by atoms with E-state index in [1.807, 2.05) is 0 Å². The van der Waals surface area contributed by atoms with E-state index >= 15 is 0 Å². The second kappa shape index (κ2) is 6.83. The van der Waals surface area contributed by atoms with E-state index in [1.54, 1.807) is 13.8 Å². The van der Waals surface area contributed by atoms with Gasteiger partial charge in [-0.05, 0) is 13.8 Å². The molecule has 0 aliphatic heterocycles. The largest absolute Gasteiger partial charge is 0.393 e. The van der Waals surface area contributed by atoms with Crippen LogP contribution in [0, 0.1) is 0 Å². The maximum atomic E-state index is 12.0. The predicted molar refractivity (Wildman–Crippen MR) is 61.8 cm³/mol. The highest BCUT2D eigenvalue weighted by molar-refractivity contribution is 7.53. The summed E-state index contributed by atoms with van der Waals surface area (Å²) in [5, 5.41) is 18.9. The van der Waals surface area contributed by atoms with Crippen molar-refractivity contribution in [1.29, 1.82) is 0 Å². The summed E-state index contributed by atoms with van der Waals surface area (Å²) < 4.78 is 27.5. The maximum Gasteiger partial charge on any atom is 0.356 e. The Kier molecular flexibility index (Phi) is 6.06. The number of ether oxygens (including phenoxy) is 1. The zero-order valence-corrected chi connectivity index (χ0v) is 11.1. The number of rotatable bonds is 7. The van der Waals surface area contributed by atoms with Crippen LogP contribution < -0.4 is 0 Å². The van der Waals surface area contributed by atoms with Gasteiger partial charge in [0.2, 0.25) is 0 Å². The first kappa shape index (κ1) is 15.1. The zero-order chi connectivity index (χ0) is 12.9. The normalized spacial score (nSPS) is 29.8. The minimum atomic E-state index is -3.23. The van der Waals surface area contributed by atoms with Gasteiger partial charge in [0.15, 0.2) is 0 Å². The van der Waals surface area contributed by atoms with Gasteiger partial charge in [0.25, 0.3) is 0 Å².